The van der Waals surface area contributed by atoms with Crippen LogP contribution < -0.4 is 5.32 Å². The van der Waals surface area contributed by atoms with Gasteiger partial charge in [-0.15, -0.1) is 0 Å². The lowest BCUT2D eigenvalue weighted by atomic mass is 10.1. The van der Waals surface area contributed by atoms with E-state index in [2.05, 4.69) is 27.4 Å². The van der Waals surface area contributed by atoms with Gasteiger partial charge in [0.2, 0.25) is 0 Å². The minimum Gasteiger partial charge on any atom is -0.481 e. The van der Waals surface area contributed by atoms with Crippen LogP contribution in [0.3, 0.4) is 0 Å². The molecule has 0 aliphatic carbocycles. The van der Waals surface area contributed by atoms with Crippen LogP contribution in [0.1, 0.15) is 5.56 Å². The van der Waals surface area contributed by atoms with Crippen molar-refractivity contribution in [1.29, 1.82) is 0 Å². The Morgan fingerprint density at radius 3 is 2.86 bits per heavy atom. The molecule has 0 spiro atoms. The molecule has 1 fully saturated rings. The third-order valence-corrected chi connectivity index (χ3v) is 3.93. The Balaban J connectivity index is 1.66. The van der Waals surface area contributed by atoms with Gasteiger partial charge in [0.25, 0.3) is 0 Å². The maximum Gasteiger partial charge on any atom is 0.309 e. The number of hydrogen-bond donors (Lipinski definition) is 2. The Hall–Kier alpha value is -2.18. The molecular formula is C16H20N4O2. The van der Waals surface area contributed by atoms with E-state index >= 15 is 0 Å². The van der Waals surface area contributed by atoms with Crippen LogP contribution in [-0.4, -0.2) is 51.9 Å². The second kappa shape index (κ2) is 6.72. The molecule has 1 aromatic carbocycles. The first-order chi connectivity index (χ1) is 10.7. The normalized spacial score (nSPS) is 19.7. The molecule has 1 saturated heterocycles. The molecule has 116 valence electrons. The highest BCUT2D eigenvalue weighted by molar-refractivity contribution is 5.70. The molecule has 0 radical (unpaired) electrons. The predicted molar refractivity (Wildman–Crippen MR) is 82.8 cm³/mol. The van der Waals surface area contributed by atoms with Gasteiger partial charge < -0.3 is 10.4 Å². The first kappa shape index (κ1) is 14.7. The molecule has 2 aromatic rings. The van der Waals surface area contributed by atoms with E-state index in [4.69, 9.17) is 0 Å². The van der Waals surface area contributed by atoms with E-state index in [9.17, 15) is 9.90 Å². The van der Waals surface area contributed by atoms with E-state index < -0.39 is 5.97 Å². The fourth-order valence-electron chi connectivity index (χ4n) is 2.72. The van der Waals surface area contributed by atoms with Crippen LogP contribution in [0.5, 0.6) is 0 Å². The first-order valence-electron chi connectivity index (χ1n) is 7.47. The number of carboxylic acid groups (broad SMARTS) is 1. The number of nitrogens with one attached hydrogen (secondary N) is 1. The molecule has 3 rings (SSSR count). The van der Waals surface area contributed by atoms with Crippen LogP contribution >= 0.6 is 0 Å². The molecule has 0 amide bonds. The summed E-state index contributed by atoms with van der Waals surface area (Å²) < 4.78 is 1.82. The summed E-state index contributed by atoms with van der Waals surface area (Å²) in [5, 5.41) is 16.6. The highest BCUT2D eigenvalue weighted by atomic mass is 16.4. The first-order valence-corrected chi connectivity index (χ1v) is 7.47. The van der Waals surface area contributed by atoms with Crippen LogP contribution in [0.15, 0.2) is 42.7 Å². The van der Waals surface area contributed by atoms with Crippen molar-refractivity contribution in [3.8, 4) is 5.69 Å². The summed E-state index contributed by atoms with van der Waals surface area (Å²) in [5.74, 6) is -1.07. The van der Waals surface area contributed by atoms with E-state index in [1.165, 1.54) is 5.56 Å². The predicted octanol–water partition coefficient (Wildman–Crippen LogP) is 0.978. The molecule has 1 aliphatic heterocycles. The zero-order valence-corrected chi connectivity index (χ0v) is 12.4. The van der Waals surface area contributed by atoms with Crippen molar-refractivity contribution in [1.82, 2.24) is 20.0 Å². The van der Waals surface area contributed by atoms with Crippen LogP contribution in [-0.2, 0) is 11.3 Å². The lowest BCUT2D eigenvalue weighted by molar-refractivity contribution is -0.142. The average molecular weight is 300 g/mol. The van der Waals surface area contributed by atoms with Gasteiger partial charge in [-0.25, -0.2) is 4.68 Å². The number of hydrogen-bond acceptors (Lipinski definition) is 4. The molecule has 22 heavy (non-hydrogen) atoms. The molecule has 0 saturated carbocycles. The van der Waals surface area contributed by atoms with Gasteiger partial charge in [0.05, 0.1) is 11.6 Å². The quantitative estimate of drug-likeness (QED) is 0.881. The topological polar surface area (TPSA) is 70.4 Å². The van der Waals surface area contributed by atoms with Crippen molar-refractivity contribution < 1.29 is 9.90 Å². The summed E-state index contributed by atoms with van der Waals surface area (Å²) in [6, 6.07) is 10.1. The van der Waals surface area contributed by atoms with E-state index in [-0.39, 0.29) is 5.92 Å². The number of carboxylic acids is 1. The van der Waals surface area contributed by atoms with Gasteiger partial charge in [-0.1, -0.05) is 12.1 Å². The second-order valence-corrected chi connectivity index (χ2v) is 5.59. The molecular weight excluding hydrogens is 280 g/mol. The van der Waals surface area contributed by atoms with Gasteiger partial charge in [-0.05, 0) is 23.8 Å². The number of carbonyl (C=O) groups is 1. The van der Waals surface area contributed by atoms with E-state index in [1.54, 1.807) is 6.20 Å². The van der Waals surface area contributed by atoms with Crippen molar-refractivity contribution in [3.05, 3.63) is 48.3 Å². The van der Waals surface area contributed by atoms with Gasteiger partial charge in [0.15, 0.2) is 0 Å². The summed E-state index contributed by atoms with van der Waals surface area (Å²) in [5.41, 5.74) is 2.21. The summed E-state index contributed by atoms with van der Waals surface area (Å²) in [7, 11) is 0. The highest BCUT2D eigenvalue weighted by Gasteiger charge is 2.23. The lowest BCUT2D eigenvalue weighted by Crippen LogP contribution is -2.33. The Morgan fingerprint density at radius 2 is 2.18 bits per heavy atom. The number of benzene rings is 1. The number of aliphatic carboxylic acids is 1. The van der Waals surface area contributed by atoms with Crippen molar-refractivity contribution in [3.63, 3.8) is 0 Å². The SMILES string of the molecule is O=C(O)C1CNCCN(Cc2ccc(-n3cccn3)cc2)C1. The fraction of sp³-hybridized carbons (Fsp3) is 0.375. The van der Waals surface area contributed by atoms with Crippen LogP contribution in [0.25, 0.3) is 5.69 Å². The molecule has 1 unspecified atom stereocenters. The van der Waals surface area contributed by atoms with Crippen molar-refractivity contribution in [2.45, 2.75) is 6.54 Å². The van der Waals surface area contributed by atoms with Gasteiger partial charge in [0.1, 0.15) is 0 Å². The smallest absolute Gasteiger partial charge is 0.309 e. The van der Waals surface area contributed by atoms with Crippen molar-refractivity contribution in [2.75, 3.05) is 26.2 Å². The van der Waals surface area contributed by atoms with Crippen LogP contribution in [0.4, 0.5) is 0 Å². The molecule has 6 nitrogen and oxygen atoms in total. The number of aromatic nitrogens is 2. The molecule has 1 aliphatic rings. The molecule has 6 heteroatoms. The zero-order valence-electron chi connectivity index (χ0n) is 12.4. The third-order valence-electron chi connectivity index (χ3n) is 3.93. The number of rotatable bonds is 4. The monoisotopic (exact) mass is 300 g/mol. The molecule has 2 heterocycles. The molecule has 0 bridgehead atoms. The highest BCUT2D eigenvalue weighted by Crippen LogP contribution is 2.13. The van der Waals surface area contributed by atoms with Crippen molar-refractivity contribution in [2.24, 2.45) is 5.92 Å². The van der Waals surface area contributed by atoms with E-state index in [0.717, 1.165) is 25.3 Å². The Kier molecular flexibility index (Phi) is 4.50. The van der Waals surface area contributed by atoms with Crippen molar-refractivity contribution >= 4 is 5.97 Å². The fourth-order valence-corrected chi connectivity index (χ4v) is 2.72. The Morgan fingerprint density at radius 1 is 1.36 bits per heavy atom. The average Bonchev–Trinajstić information content (AvgIpc) is 2.95. The number of nitrogens with zero attached hydrogens (tertiary/aromatic N) is 3. The largest absolute Gasteiger partial charge is 0.481 e. The minimum absolute atomic E-state index is 0.342. The summed E-state index contributed by atoms with van der Waals surface area (Å²) in [6.45, 7) is 3.60. The zero-order chi connectivity index (χ0) is 15.4. The molecule has 2 N–H and O–H groups in total. The van der Waals surface area contributed by atoms with Crippen LogP contribution in [0.2, 0.25) is 0 Å². The van der Waals surface area contributed by atoms with E-state index in [1.807, 2.05) is 29.1 Å². The van der Waals surface area contributed by atoms with Gasteiger partial charge in [0, 0.05) is 45.1 Å². The summed E-state index contributed by atoms with van der Waals surface area (Å²) in [6.07, 6.45) is 3.66. The minimum atomic E-state index is -0.728. The Bertz CT molecular complexity index is 610. The van der Waals surface area contributed by atoms with E-state index in [0.29, 0.717) is 13.1 Å². The summed E-state index contributed by atoms with van der Waals surface area (Å²) in [4.78, 5) is 13.4. The van der Waals surface area contributed by atoms with Gasteiger partial charge in [-0.2, -0.15) is 5.10 Å². The molecule has 1 aromatic heterocycles. The van der Waals surface area contributed by atoms with Crippen LogP contribution in [0, 0.1) is 5.92 Å². The maximum atomic E-state index is 11.2. The second-order valence-electron chi connectivity index (χ2n) is 5.59. The van der Waals surface area contributed by atoms with Gasteiger partial charge in [-0.3, -0.25) is 9.69 Å². The Labute approximate surface area is 129 Å². The van der Waals surface area contributed by atoms with Gasteiger partial charge >= 0.3 is 5.97 Å². The molecule has 1 atom stereocenters. The lowest BCUT2D eigenvalue weighted by Gasteiger charge is -2.22. The maximum absolute atomic E-state index is 11.2. The standard InChI is InChI=1S/C16H20N4O2/c21-16(22)14-10-17-7-9-19(12-14)11-13-2-4-15(5-3-13)20-8-1-6-18-20/h1-6,8,14,17H,7,9-12H2,(H,21,22). The third kappa shape index (κ3) is 3.52. The summed E-state index contributed by atoms with van der Waals surface area (Å²) >= 11 is 0.